The highest BCUT2D eigenvalue weighted by molar-refractivity contribution is 5.29. The molecule has 16 heavy (non-hydrogen) atoms. The predicted molar refractivity (Wildman–Crippen MR) is 63.4 cm³/mol. The SMILES string of the molecule is COc1cccc([C@H](C[NH3+])[NH+]2CCCC2)c1. The van der Waals surface area contributed by atoms with Gasteiger partial charge in [0.25, 0.3) is 0 Å². The second-order valence-electron chi connectivity index (χ2n) is 4.48. The van der Waals surface area contributed by atoms with E-state index < -0.39 is 0 Å². The van der Waals surface area contributed by atoms with E-state index in [9.17, 15) is 0 Å². The Labute approximate surface area is 97.2 Å². The van der Waals surface area contributed by atoms with Crippen molar-refractivity contribution in [3.63, 3.8) is 0 Å². The Kier molecular flexibility index (Phi) is 3.80. The van der Waals surface area contributed by atoms with Crippen LogP contribution in [0.5, 0.6) is 5.75 Å². The fourth-order valence-corrected chi connectivity index (χ4v) is 2.64. The van der Waals surface area contributed by atoms with E-state index in [1.54, 1.807) is 12.0 Å². The molecule has 4 N–H and O–H groups in total. The van der Waals surface area contributed by atoms with Gasteiger partial charge >= 0.3 is 0 Å². The van der Waals surface area contributed by atoms with E-state index in [1.807, 2.05) is 6.07 Å². The summed E-state index contributed by atoms with van der Waals surface area (Å²) in [7, 11) is 1.72. The third kappa shape index (κ3) is 2.36. The van der Waals surface area contributed by atoms with Gasteiger partial charge in [-0.1, -0.05) is 12.1 Å². The Hall–Kier alpha value is -1.06. The maximum atomic E-state index is 5.28. The second kappa shape index (κ2) is 5.32. The molecule has 0 amide bonds. The summed E-state index contributed by atoms with van der Waals surface area (Å²) in [6.45, 7) is 3.54. The quantitative estimate of drug-likeness (QED) is 0.719. The molecule has 1 aromatic carbocycles. The minimum absolute atomic E-state index is 0.539. The van der Waals surface area contributed by atoms with Crippen molar-refractivity contribution < 1.29 is 15.4 Å². The zero-order valence-electron chi connectivity index (χ0n) is 10.0. The van der Waals surface area contributed by atoms with E-state index in [0.717, 1.165) is 12.3 Å². The third-order valence-electron chi connectivity index (χ3n) is 3.52. The van der Waals surface area contributed by atoms with Crippen LogP contribution in [0.15, 0.2) is 24.3 Å². The van der Waals surface area contributed by atoms with E-state index in [0.29, 0.717) is 6.04 Å². The minimum atomic E-state index is 0.539. The van der Waals surface area contributed by atoms with Crippen LogP contribution in [0.1, 0.15) is 24.4 Å². The number of quaternary nitrogens is 2. The number of methoxy groups -OCH3 is 1. The molecule has 0 bridgehead atoms. The minimum Gasteiger partial charge on any atom is -0.497 e. The number of rotatable bonds is 4. The van der Waals surface area contributed by atoms with Gasteiger partial charge < -0.3 is 15.4 Å². The van der Waals surface area contributed by atoms with E-state index in [4.69, 9.17) is 4.74 Å². The van der Waals surface area contributed by atoms with Crippen molar-refractivity contribution in [1.82, 2.24) is 0 Å². The molecule has 1 aromatic rings. The van der Waals surface area contributed by atoms with Gasteiger partial charge in [0.2, 0.25) is 0 Å². The summed E-state index contributed by atoms with van der Waals surface area (Å²) in [5.74, 6) is 0.953. The van der Waals surface area contributed by atoms with Crippen molar-refractivity contribution in [2.75, 3.05) is 26.7 Å². The van der Waals surface area contributed by atoms with Crippen molar-refractivity contribution in [3.05, 3.63) is 29.8 Å². The molecule has 88 valence electrons. The van der Waals surface area contributed by atoms with Gasteiger partial charge in [0.15, 0.2) is 6.04 Å². The van der Waals surface area contributed by atoms with Crippen LogP contribution < -0.4 is 15.4 Å². The fraction of sp³-hybridized carbons (Fsp3) is 0.538. The number of nitrogens with one attached hydrogen (secondary N) is 1. The molecule has 1 saturated heterocycles. The van der Waals surface area contributed by atoms with Crippen LogP contribution in [0.25, 0.3) is 0 Å². The molecule has 0 spiro atoms. The van der Waals surface area contributed by atoms with Crippen LogP contribution in [0.2, 0.25) is 0 Å². The molecule has 0 saturated carbocycles. The first-order valence-electron chi connectivity index (χ1n) is 6.13. The molecule has 1 atom stereocenters. The van der Waals surface area contributed by atoms with Crippen LogP contribution in [0.3, 0.4) is 0 Å². The van der Waals surface area contributed by atoms with Crippen molar-refractivity contribution in [2.24, 2.45) is 0 Å². The molecule has 3 nitrogen and oxygen atoms in total. The topological polar surface area (TPSA) is 41.3 Å². The number of ether oxygens (including phenoxy) is 1. The third-order valence-corrected chi connectivity index (χ3v) is 3.52. The Morgan fingerprint density at radius 3 is 2.75 bits per heavy atom. The Morgan fingerprint density at radius 1 is 1.38 bits per heavy atom. The van der Waals surface area contributed by atoms with Gasteiger partial charge in [-0.2, -0.15) is 0 Å². The van der Waals surface area contributed by atoms with Gasteiger partial charge in [0.05, 0.1) is 20.2 Å². The molecule has 2 rings (SSSR count). The van der Waals surface area contributed by atoms with Crippen molar-refractivity contribution >= 4 is 0 Å². The molecule has 0 aliphatic carbocycles. The molecule has 0 radical (unpaired) electrons. The smallest absolute Gasteiger partial charge is 0.163 e. The monoisotopic (exact) mass is 222 g/mol. The molecular formula is C13H22N2O+2. The summed E-state index contributed by atoms with van der Waals surface area (Å²) in [5, 5.41) is 0. The summed E-state index contributed by atoms with van der Waals surface area (Å²) in [5.41, 5.74) is 5.47. The lowest BCUT2D eigenvalue weighted by Gasteiger charge is -2.22. The molecule has 3 heteroatoms. The molecule has 1 fully saturated rings. The highest BCUT2D eigenvalue weighted by Crippen LogP contribution is 2.17. The lowest BCUT2D eigenvalue weighted by atomic mass is 10.1. The summed E-state index contributed by atoms with van der Waals surface area (Å²) in [6, 6.07) is 8.97. The number of benzene rings is 1. The molecule has 0 aromatic heterocycles. The highest BCUT2D eigenvalue weighted by atomic mass is 16.5. The van der Waals surface area contributed by atoms with E-state index >= 15 is 0 Å². The second-order valence-corrected chi connectivity index (χ2v) is 4.48. The van der Waals surface area contributed by atoms with Gasteiger partial charge in [-0.15, -0.1) is 0 Å². The average Bonchev–Trinajstić information content (AvgIpc) is 2.84. The lowest BCUT2D eigenvalue weighted by molar-refractivity contribution is -0.926. The van der Waals surface area contributed by atoms with Crippen LogP contribution in [0.4, 0.5) is 0 Å². The van der Waals surface area contributed by atoms with E-state index in [-0.39, 0.29) is 0 Å². The van der Waals surface area contributed by atoms with Crippen molar-refractivity contribution in [2.45, 2.75) is 18.9 Å². The summed E-state index contributed by atoms with van der Waals surface area (Å²) < 4.78 is 5.28. The predicted octanol–water partition coefficient (Wildman–Crippen LogP) is -0.343. The molecular weight excluding hydrogens is 200 g/mol. The first-order chi connectivity index (χ1) is 7.85. The van der Waals surface area contributed by atoms with Crippen molar-refractivity contribution in [1.29, 1.82) is 0 Å². The van der Waals surface area contributed by atoms with Crippen LogP contribution in [0, 0.1) is 0 Å². The number of hydrogen-bond acceptors (Lipinski definition) is 1. The lowest BCUT2D eigenvalue weighted by Crippen LogP contribution is -3.11. The maximum absolute atomic E-state index is 5.28. The van der Waals surface area contributed by atoms with Crippen LogP contribution >= 0.6 is 0 Å². The number of likely N-dealkylation sites (tertiary alicyclic amines) is 1. The van der Waals surface area contributed by atoms with E-state index in [2.05, 4.69) is 23.9 Å². The fourth-order valence-electron chi connectivity index (χ4n) is 2.64. The van der Waals surface area contributed by atoms with Crippen molar-refractivity contribution in [3.8, 4) is 5.75 Å². The standard InChI is InChI=1S/C13H20N2O/c1-16-12-6-4-5-11(9-12)13(10-14)15-7-2-3-8-15/h4-6,9,13H,2-3,7-8,10,14H2,1H3/p+2/t13-/m0/s1. The van der Waals surface area contributed by atoms with Gasteiger partial charge in [0.1, 0.15) is 12.3 Å². The summed E-state index contributed by atoms with van der Waals surface area (Å²) >= 11 is 0. The molecule has 0 unspecified atom stereocenters. The Balaban J connectivity index is 2.18. The molecule has 1 aliphatic heterocycles. The first kappa shape index (κ1) is 11.4. The summed E-state index contributed by atoms with van der Waals surface area (Å²) in [6.07, 6.45) is 2.71. The average molecular weight is 222 g/mol. The number of hydrogen-bond donors (Lipinski definition) is 2. The zero-order valence-corrected chi connectivity index (χ0v) is 10.0. The largest absolute Gasteiger partial charge is 0.497 e. The summed E-state index contributed by atoms with van der Waals surface area (Å²) in [4.78, 5) is 1.68. The highest BCUT2D eigenvalue weighted by Gasteiger charge is 2.27. The van der Waals surface area contributed by atoms with Crippen LogP contribution in [-0.2, 0) is 0 Å². The molecule has 1 heterocycles. The van der Waals surface area contributed by atoms with E-state index in [1.165, 1.54) is 31.5 Å². The zero-order chi connectivity index (χ0) is 11.4. The van der Waals surface area contributed by atoms with Gasteiger partial charge in [0, 0.05) is 18.4 Å². The molecule has 1 aliphatic rings. The normalized spacial score (nSPS) is 18.6. The van der Waals surface area contributed by atoms with Gasteiger partial charge in [-0.05, 0) is 12.1 Å². The Morgan fingerprint density at radius 2 is 2.12 bits per heavy atom. The van der Waals surface area contributed by atoms with Gasteiger partial charge in [-0.3, -0.25) is 0 Å². The van der Waals surface area contributed by atoms with Gasteiger partial charge in [-0.25, -0.2) is 0 Å². The Bertz CT molecular complexity index is 334. The first-order valence-corrected chi connectivity index (χ1v) is 6.13. The maximum Gasteiger partial charge on any atom is 0.163 e. The van der Waals surface area contributed by atoms with Crippen LogP contribution in [-0.4, -0.2) is 26.7 Å².